The van der Waals surface area contributed by atoms with Gasteiger partial charge in [-0.3, -0.25) is 4.40 Å². The number of nitrogens with one attached hydrogen (secondary N) is 1. The van der Waals surface area contributed by atoms with Crippen molar-refractivity contribution in [3.63, 3.8) is 0 Å². The average molecular weight is 226 g/mol. The van der Waals surface area contributed by atoms with Crippen LogP contribution >= 0.6 is 0 Å². The van der Waals surface area contributed by atoms with Gasteiger partial charge in [0.05, 0.1) is 11.7 Å². The lowest BCUT2D eigenvalue weighted by Crippen LogP contribution is -1.93. The fourth-order valence-corrected chi connectivity index (χ4v) is 1.94. The summed E-state index contributed by atoms with van der Waals surface area (Å²) in [6.07, 6.45) is 7.47. The van der Waals surface area contributed by atoms with Crippen LogP contribution in [0.15, 0.2) is 36.9 Å². The first kappa shape index (κ1) is 10.1. The van der Waals surface area contributed by atoms with Gasteiger partial charge in [0.25, 0.3) is 0 Å². The highest BCUT2D eigenvalue weighted by molar-refractivity contribution is 5.57. The van der Waals surface area contributed by atoms with Gasteiger partial charge in [-0.25, -0.2) is 9.97 Å². The summed E-state index contributed by atoms with van der Waals surface area (Å²) in [6, 6.07) is 4.30. The summed E-state index contributed by atoms with van der Waals surface area (Å²) in [6.45, 7) is 4.38. The van der Waals surface area contributed by atoms with Gasteiger partial charge in [0.15, 0.2) is 11.6 Å². The number of pyridine rings is 1. The van der Waals surface area contributed by atoms with Gasteiger partial charge in [-0.15, -0.1) is 0 Å². The van der Waals surface area contributed by atoms with E-state index in [1.54, 1.807) is 12.4 Å². The van der Waals surface area contributed by atoms with Gasteiger partial charge in [-0.1, -0.05) is 13.8 Å². The standard InChI is InChI=1S/C13H14N4/c1-9(2)10-3-6-17-11(7-10)8-16-13(17)12-14-4-5-15-12/h3-9H,1-2H3,(H,14,15). The van der Waals surface area contributed by atoms with E-state index in [0.717, 1.165) is 17.2 Å². The molecule has 0 aromatic carbocycles. The van der Waals surface area contributed by atoms with E-state index in [9.17, 15) is 0 Å². The summed E-state index contributed by atoms with van der Waals surface area (Å²) < 4.78 is 2.05. The van der Waals surface area contributed by atoms with Crippen LogP contribution in [-0.4, -0.2) is 19.4 Å². The minimum absolute atomic E-state index is 0.530. The van der Waals surface area contributed by atoms with Crippen LogP contribution in [0.4, 0.5) is 0 Å². The number of nitrogens with zero attached hydrogens (tertiary/aromatic N) is 3. The third-order valence-corrected chi connectivity index (χ3v) is 2.93. The van der Waals surface area contributed by atoms with Crippen LogP contribution in [0.2, 0.25) is 0 Å². The highest BCUT2D eigenvalue weighted by atomic mass is 15.1. The summed E-state index contributed by atoms with van der Waals surface area (Å²) in [5, 5.41) is 0. The van der Waals surface area contributed by atoms with E-state index in [1.165, 1.54) is 5.56 Å². The predicted molar refractivity (Wildman–Crippen MR) is 66.9 cm³/mol. The molecule has 0 fully saturated rings. The Morgan fingerprint density at radius 1 is 1.29 bits per heavy atom. The maximum absolute atomic E-state index is 4.41. The average Bonchev–Trinajstić information content (AvgIpc) is 2.96. The van der Waals surface area contributed by atoms with E-state index in [-0.39, 0.29) is 0 Å². The summed E-state index contributed by atoms with van der Waals surface area (Å²) in [5.74, 6) is 2.17. The van der Waals surface area contributed by atoms with Crippen LogP contribution in [0.1, 0.15) is 25.3 Å². The quantitative estimate of drug-likeness (QED) is 0.730. The summed E-state index contributed by atoms with van der Waals surface area (Å²) in [7, 11) is 0. The lowest BCUT2D eigenvalue weighted by Gasteiger charge is -2.06. The summed E-state index contributed by atoms with van der Waals surface area (Å²) in [4.78, 5) is 11.7. The lowest BCUT2D eigenvalue weighted by molar-refractivity contribution is 0.863. The molecule has 17 heavy (non-hydrogen) atoms. The molecule has 0 saturated carbocycles. The van der Waals surface area contributed by atoms with Crippen LogP contribution in [0.25, 0.3) is 17.2 Å². The second-order valence-corrected chi connectivity index (χ2v) is 4.43. The Balaban J connectivity index is 2.18. The van der Waals surface area contributed by atoms with Gasteiger partial charge in [0.2, 0.25) is 0 Å². The normalized spacial score (nSPS) is 11.5. The summed E-state index contributed by atoms with van der Waals surface area (Å²) in [5.41, 5.74) is 2.42. The molecule has 0 aliphatic heterocycles. The molecule has 0 bridgehead atoms. The van der Waals surface area contributed by atoms with Gasteiger partial charge in [-0.05, 0) is 23.6 Å². The van der Waals surface area contributed by atoms with Crippen LogP contribution in [-0.2, 0) is 0 Å². The molecule has 0 aliphatic carbocycles. The molecule has 3 aromatic heterocycles. The molecule has 0 amide bonds. The van der Waals surface area contributed by atoms with Crippen LogP contribution in [0, 0.1) is 0 Å². The largest absolute Gasteiger partial charge is 0.342 e. The Labute approximate surface area is 99.3 Å². The van der Waals surface area contributed by atoms with Crippen molar-refractivity contribution in [2.24, 2.45) is 0 Å². The Morgan fingerprint density at radius 2 is 2.18 bits per heavy atom. The molecule has 86 valence electrons. The van der Waals surface area contributed by atoms with Crippen molar-refractivity contribution in [3.8, 4) is 11.6 Å². The lowest BCUT2D eigenvalue weighted by atomic mass is 10.1. The molecular weight excluding hydrogens is 212 g/mol. The molecule has 3 rings (SSSR count). The van der Waals surface area contributed by atoms with Crippen molar-refractivity contribution in [1.29, 1.82) is 0 Å². The second-order valence-electron chi connectivity index (χ2n) is 4.43. The number of hydrogen-bond donors (Lipinski definition) is 1. The third kappa shape index (κ3) is 1.62. The minimum Gasteiger partial charge on any atom is -0.342 e. The SMILES string of the molecule is CC(C)c1ccn2c(-c3ncc[nH]3)ncc2c1. The van der Waals surface area contributed by atoms with Crippen LogP contribution in [0.5, 0.6) is 0 Å². The Morgan fingerprint density at radius 3 is 2.88 bits per heavy atom. The number of fused-ring (bicyclic) bond motifs is 1. The van der Waals surface area contributed by atoms with Crippen molar-refractivity contribution >= 4 is 5.52 Å². The molecule has 0 unspecified atom stereocenters. The molecule has 0 spiro atoms. The number of imidazole rings is 2. The van der Waals surface area contributed by atoms with Gasteiger partial charge in [0.1, 0.15) is 0 Å². The van der Waals surface area contributed by atoms with Crippen molar-refractivity contribution in [2.75, 3.05) is 0 Å². The van der Waals surface area contributed by atoms with Gasteiger partial charge in [-0.2, -0.15) is 0 Å². The Kier molecular flexibility index (Phi) is 2.21. The maximum Gasteiger partial charge on any atom is 0.180 e. The van der Waals surface area contributed by atoms with E-state index in [4.69, 9.17) is 0 Å². The molecule has 0 saturated heterocycles. The highest BCUT2D eigenvalue weighted by Crippen LogP contribution is 2.20. The molecular formula is C13H14N4. The van der Waals surface area contributed by atoms with Gasteiger partial charge in [0, 0.05) is 18.6 Å². The highest BCUT2D eigenvalue weighted by Gasteiger charge is 2.09. The number of aromatic amines is 1. The third-order valence-electron chi connectivity index (χ3n) is 2.93. The molecule has 1 N–H and O–H groups in total. The number of H-pyrrole nitrogens is 1. The van der Waals surface area contributed by atoms with Gasteiger partial charge < -0.3 is 4.98 Å². The molecule has 3 aromatic rings. The molecule has 0 radical (unpaired) electrons. The van der Waals surface area contributed by atoms with Crippen molar-refractivity contribution in [3.05, 3.63) is 42.5 Å². The number of rotatable bonds is 2. The molecule has 0 atom stereocenters. The molecule has 4 nitrogen and oxygen atoms in total. The zero-order valence-electron chi connectivity index (χ0n) is 9.88. The van der Waals surface area contributed by atoms with Gasteiger partial charge >= 0.3 is 0 Å². The zero-order valence-corrected chi connectivity index (χ0v) is 9.88. The molecule has 0 aliphatic rings. The topological polar surface area (TPSA) is 46.0 Å². The number of aromatic nitrogens is 4. The van der Waals surface area contributed by atoms with E-state index in [2.05, 4.69) is 47.1 Å². The molecule has 3 heterocycles. The summed E-state index contributed by atoms with van der Waals surface area (Å²) >= 11 is 0. The van der Waals surface area contributed by atoms with E-state index < -0.39 is 0 Å². The maximum atomic E-state index is 4.41. The van der Waals surface area contributed by atoms with E-state index >= 15 is 0 Å². The number of hydrogen-bond acceptors (Lipinski definition) is 2. The molecule has 4 heteroatoms. The Bertz CT molecular complexity index is 635. The fraction of sp³-hybridized carbons (Fsp3) is 0.231. The first-order valence-electron chi connectivity index (χ1n) is 5.72. The minimum atomic E-state index is 0.530. The first-order chi connectivity index (χ1) is 8.25. The van der Waals surface area contributed by atoms with Crippen LogP contribution < -0.4 is 0 Å². The van der Waals surface area contributed by atoms with Crippen molar-refractivity contribution in [1.82, 2.24) is 19.4 Å². The monoisotopic (exact) mass is 226 g/mol. The smallest absolute Gasteiger partial charge is 0.180 e. The fourth-order valence-electron chi connectivity index (χ4n) is 1.94. The predicted octanol–water partition coefficient (Wildman–Crippen LogP) is 2.85. The van der Waals surface area contributed by atoms with Crippen molar-refractivity contribution < 1.29 is 0 Å². The zero-order chi connectivity index (χ0) is 11.8. The second kappa shape index (κ2) is 3.73. The van der Waals surface area contributed by atoms with E-state index in [1.807, 2.05) is 10.6 Å². The van der Waals surface area contributed by atoms with E-state index in [0.29, 0.717) is 5.92 Å². The van der Waals surface area contributed by atoms with Crippen LogP contribution in [0.3, 0.4) is 0 Å². The van der Waals surface area contributed by atoms with Crippen molar-refractivity contribution in [2.45, 2.75) is 19.8 Å². The Hall–Kier alpha value is -2.10. The first-order valence-corrected chi connectivity index (χ1v) is 5.72.